The van der Waals surface area contributed by atoms with E-state index in [1.807, 2.05) is 0 Å². The summed E-state index contributed by atoms with van der Waals surface area (Å²) in [5.41, 5.74) is -3.40. The summed E-state index contributed by atoms with van der Waals surface area (Å²) >= 11 is 0. The van der Waals surface area contributed by atoms with E-state index in [0.717, 1.165) is 9.98 Å². The van der Waals surface area contributed by atoms with Crippen molar-refractivity contribution < 1.29 is 43.9 Å². The van der Waals surface area contributed by atoms with Crippen LogP contribution in [0.1, 0.15) is 0 Å². The van der Waals surface area contributed by atoms with Gasteiger partial charge < -0.3 is 0 Å². The monoisotopic (exact) mass is 278 g/mol. The van der Waals surface area contributed by atoms with E-state index in [0.29, 0.717) is 0 Å². The molecule has 0 rings (SSSR count). The first-order chi connectivity index (χ1) is 7.22. The van der Waals surface area contributed by atoms with E-state index in [9.17, 15) is 43.9 Å². The molecule has 0 aromatic carbocycles. The summed E-state index contributed by atoms with van der Waals surface area (Å²) in [5, 5.41) is 0. The summed E-state index contributed by atoms with van der Waals surface area (Å²) in [6.07, 6.45) is -17.7. The third-order valence-corrected chi connectivity index (χ3v) is 0.927. The first kappa shape index (κ1) is 15.6. The van der Waals surface area contributed by atoms with E-state index in [4.69, 9.17) is 0 Å². The predicted molar refractivity (Wildman–Crippen MR) is 34.1 cm³/mol. The van der Waals surface area contributed by atoms with Gasteiger partial charge in [0.25, 0.3) is 0 Å². The maximum Gasteiger partial charge on any atom is 0.505 e. The molecule has 100 valence electrons. The van der Waals surface area contributed by atoms with Crippen LogP contribution >= 0.6 is 0 Å². The highest BCUT2D eigenvalue weighted by molar-refractivity contribution is 6.40. The smallest absolute Gasteiger partial charge is 0.183 e. The van der Waals surface area contributed by atoms with Gasteiger partial charge in [-0.2, -0.15) is 27.5 Å². The molecule has 0 atom stereocenters. The average Bonchev–Trinajstić information content (AvgIpc) is 1.92. The fraction of sp³-hybridized carbons (Fsp3) is 0.600. The van der Waals surface area contributed by atoms with Crippen molar-refractivity contribution in [1.82, 2.24) is 0 Å². The van der Waals surface area contributed by atoms with Crippen LogP contribution in [0.2, 0.25) is 0 Å². The highest BCUT2D eigenvalue weighted by Crippen LogP contribution is 2.26. The van der Waals surface area contributed by atoms with Gasteiger partial charge in [0.15, 0.2) is 0 Å². The standard InChI is InChI=1S/C5F10N2/c6-2(17-5(13,14)15)1(3(7,8)9)16-4(10,11)12/b16-1-,17-2-. The minimum Gasteiger partial charge on any atom is -0.183 e. The Morgan fingerprint density at radius 2 is 1.00 bits per heavy atom. The second-order valence-corrected chi connectivity index (χ2v) is 2.30. The molecule has 0 fully saturated rings. The molecule has 12 heteroatoms. The highest BCUT2D eigenvalue weighted by Gasteiger charge is 2.45. The van der Waals surface area contributed by atoms with Gasteiger partial charge in [0.05, 0.1) is 0 Å². The zero-order valence-corrected chi connectivity index (χ0v) is 7.17. The van der Waals surface area contributed by atoms with Crippen LogP contribution in [-0.2, 0) is 0 Å². The average molecular weight is 278 g/mol. The molecule has 0 heterocycles. The molecule has 0 spiro atoms. The van der Waals surface area contributed by atoms with Crippen molar-refractivity contribution >= 4 is 11.7 Å². The normalized spacial score (nSPS) is 16.4. The fourth-order valence-electron chi connectivity index (χ4n) is 0.517. The molecule has 0 aliphatic carbocycles. The van der Waals surface area contributed by atoms with Crippen LogP contribution in [0.5, 0.6) is 0 Å². The largest absolute Gasteiger partial charge is 0.505 e. The number of rotatable bonds is 1. The summed E-state index contributed by atoms with van der Waals surface area (Å²) in [4.78, 5) is 1.71. The first-order valence-electron chi connectivity index (χ1n) is 3.28. The Labute approximate surface area is 85.6 Å². The molecule has 0 saturated carbocycles. The molecule has 0 N–H and O–H groups in total. The number of hydrogen-bond donors (Lipinski definition) is 0. The van der Waals surface area contributed by atoms with Crippen molar-refractivity contribution in [3.63, 3.8) is 0 Å². The Bertz CT molecular complexity index is 328. The van der Waals surface area contributed by atoms with E-state index in [1.165, 1.54) is 0 Å². The van der Waals surface area contributed by atoms with Crippen LogP contribution in [0.4, 0.5) is 43.9 Å². The van der Waals surface area contributed by atoms with E-state index >= 15 is 0 Å². The van der Waals surface area contributed by atoms with Gasteiger partial charge >= 0.3 is 18.8 Å². The third kappa shape index (κ3) is 6.73. The maximum absolute atomic E-state index is 12.3. The van der Waals surface area contributed by atoms with Gasteiger partial charge in [0, 0.05) is 0 Å². The second-order valence-electron chi connectivity index (χ2n) is 2.30. The summed E-state index contributed by atoms with van der Waals surface area (Å²) in [5.74, 6) is -3.41. The van der Waals surface area contributed by atoms with Crippen LogP contribution < -0.4 is 0 Å². The lowest BCUT2D eigenvalue weighted by Crippen LogP contribution is -2.32. The van der Waals surface area contributed by atoms with Gasteiger partial charge in [-0.1, -0.05) is 0 Å². The number of hydrogen-bond acceptors (Lipinski definition) is 2. The van der Waals surface area contributed by atoms with Crippen molar-refractivity contribution in [2.24, 2.45) is 9.98 Å². The third-order valence-electron chi connectivity index (χ3n) is 0.927. The van der Waals surface area contributed by atoms with Gasteiger partial charge in [-0.15, -0.1) is 26.3 Å². The number of alkyl halides is 9. The Hall–Kier alpha value is -1.36. The molecule has 0 bridgehead atoms. The second kappa shape index (κ2) is 4.49. The predicted octanol–water partition coefficient (Wildman–Crippen LogP) is 3.40. The summed E-state index contributed by atoms with van der Waals surface area (Å²) < 4.78 is 116. The lowest BCUT2D eigenvalue weighted by Gasteiger charge is -2.09. The van der Waals surface area contributed by atoms with Crippen molar-refractivity contribution in [3.05, 3.63) is 0 Å². The van der Waals surface area contributed by atoms with Crippen molar-refractivity contribution in [2.75, 3.05) is 0 Å². The van der Waals surface area contributed by atoms with Gasteiger partial charge in [0.2, 0.25) is 11.7 Å². The summed E-state index contributed by atoms with van der Waals surface area (Å²) in [6.45, 7) is 0. The Balaban J connectivity index is 5.54. The molecule has 0 amide bonds. The molecule has 0 aliphatic heterocycles. The van der Waals surface area contributed by atoms with E-state index < -0.39 is 30.5 Å². The Kier molecular flexibility index (Phi) is 4.13. The van der Waals surface area contributed by atoms with Crippen LogP contribution in [0, 0.1) is 0 Å². The molecule has 2 nitrogen and oxygen atoms in total. The van der Waals surface area contributed by atoms with Crippen LogP contribution in [0.25, 0.3) is 0 Å². The molecule has 0 saturated heterocycles. The first-order valence-corrected chi connectivity index (χ1v) is 3.28. The fourth-order valence-corrected chi connectivity index (χ4v) is 0.517. The van der Waals surface area contributed by atoms with Crippen molar-refractivity contribution in [3.8, 4) is 0 Å². The molecule has 0 aromatic heterocycles. The van der Waals surface area contributed by atoms with Gasteiger partial charge in [-0.05, 0) is 0 Å². The molecule has 17 heavy (non-hydrogen) atoms. The molecular formula is C5F10N2. The number of halogens is 10. The van der Waals surface area contributed by atoms with Gasteiger partial charge in [-0.25, -0.2) is 0 Å². The number of aliphatic imine (C=N–C) groups is 2. The Morgan fingerprint density at radius 1 is 0.647 bits per heavy atom. The minimum atomic E-state index is -6.06. The van der Waals surface area contributed by atoms with E-state index in [2.05, 4.69) is 0 Å². The lowest BCUT2D eigenvalue weighted by atomic mass is 10.4. The van der Waals surface area contributed by atoms with Crippen molar-refractivity contribution in [1.29, 1.82) is 0 Å². The van der Waals surface area contributed by atoms with Crippen LogP contribution in [0.15, 0.2) is 9.98 Å². The topological polar surface area (TPSA) is 24.7 Å². The highest BCUT2D eigenvalue weighted by atomic mass is 19.4. The van der Waals surface area contributed by atoms with E-state index in [-0.39, 0.29) is 0 Å². The lowest BCUT2D eigenvalue weighted by molar-refractivity contribution is -0.126. The molecular weight excluding hydrogens is 278 g/mol. The van der Waals surface area contributed by atoms with Crippen LogP contribution in [0.3, 0.4) is 0 Å². The van der Waals surface area contributed by atoms with Crippen molar-refractivity contribution in [2.45, 2.75) is 18.8 Å². The molecule has 0 aliphatic rings. The number of nitrogens with zero attached hydrogens (tertiary/aromatic N) is 2. The minimum absolute atomic E-state index is 0.850. The van der Waals surface area contributed by atoms with Gasteiger partial charge in [-0.3, -0.25) is 0 Å². The zero-order valence-electron chi connectivity index (χ0n) is 7.17. The molecule has 0 aromatic rings. The molecule has 0 unspecified atom stereocenters. The van der Waals surface area contributed by atoms with Crippen LogP contribution in [-0.4, -0.2) is 30.5 Å². The quantitative estimate of drug-likeness (QED) is 0.399. The van der Waals surface area contributed by atoms with Gasteiger partial charge in [0.1, 0.15) is 0 Å². The summed E-state index contributed by atoms with van der Waals surface area (Å²) in [7, 11) is 0. The summed E-state index contributed by atoms with van der Waals surface area (Å²) in [6, 6.07) is 0. The maximum atomic E-state index is 12.3. The Morgan fingerprint density at radius 3 is 1.24 bits per heavy atom. The zero-order chi connectivity index (χ0) is 14.1. The van der Waals surface area contributed by atoms with E-state index in [1.54, 1.807) is 0 Å². The SMILES string of the molecule is FC(=N\C(F)(F)F)/C(=N/C(F)(F)F)C(F)(F)F. The molecule has 0 radical (unpaired) electrons.